The van der Waals surface area contributed by atoms with Gasteiger partial charge in [0, 0.05) is 11.8 Å². The number of aliphatic hydroxyl groups is 1. The van der Waals surface area contributed by atoms with Crippen LogP contribution in [-0.2, 0) is 6.61 Å². The standard InChI is InChI=1S/C12H9F2NO2/c13-9-2-1-3-10(12(9)14)17-11-6-15-5-4-8(11)7-16/h1-6,16H,7H2. The van der Waals surface area contributed by atoms with Gasteiger partial charge < -0.3 is 9.84 Å². The number of hydrogen-bond donors (Lipinski definition) is 1. The van der Waals surface area contributed by atoms with Gasteiger partial charge in [0.2, 0.25) is 5.82 Å². The Balaban J connectivity index is 2.35. The zero-order valence-electron chi connectivity index (χ0n) is 8.73. The fourth-order valence-electron chi connectivity index (χ4n) is 1.31. The lowest BCUT2D eigenvalue weighted by Gasteiger charge is -2.09. The molecule has 1 aromatic heterocycles. The molecule has 2 aromatic rings. The number of aliphatic hydroxyl groups excluding tert-OH is 1. The van der Waals surface area contributed by atoms with Crippen LogP contribution in [0.25, 0.3) is 0 Å². The molecule has 3 nitrogen and oxygen atoms in total. The molecule has 0 bridgehead atoms. The van der Waals surface area contributed by atoms with Crippen molar-refractivity contribution in [2.75, 3.05) is 0 Å². The van der Waals surface area contributed by atoms with Crippen LogP contribution in [-0.4, -0.2) is 10.1 Å². The quantitative estimate of drug-likeness (QED) is 0.892. The minimum Gasteiger partial charge on any atom is -0.452 e. The molecule has 0 unspecified atom stereocenters. The lowest BCUT2D eigenvalue weighted by Crippen LogP contribution is -1.95. The van der Waals surface area contributed by atoms with E-state index >= 15 is 0 Å². The lowest BCUT2D eigenvalue weighted by atomic mass is 10.2. The SMILES string of the molecule is OCc1ccncc1Oc1cccc(F)c1F. The molecule has 0 amide bonds. The van der Waals surface area contributed by atoms with Gasteiger partial charge in [0.25, 0.3) is 0 Å². The second-order valence-electron chi connectivity index (χ2n) is 3.30. The average molecular weight is 237 g/mol. The Morgan fingerprint density at radius 1 is 1.18 bits per heavy atom. The number of aromatic nitrogens is 1. The molecule has 0 radical (unpaired) electrons. The van der Waals surface area contributed by atoms with Crippen molar-refractivity contribution >= 4 is 0 Å². The van der Waals surface area contributed by atoms with Gasteiger partial charge in [0.05, 0.1) is 12.8 Å². The van der Waals surface area contributed by atoms with Crippen molar-refractivity contribution < 1.29 is 18.6 Å². The maximum absolute atomic E-state index is 13.3. The van der Waals surface area contributed by atoms with E-state index in [4.69, 9.17) is 9.84 Å². The number of hydrogen-bond acceptors (Lipinski definition) is 3. The first-order chi connectivity index (χ1) is 8.22. The maximum atomic E-state index is 13.3. The minimum atomic E-state index is -1.07. The van der Waals surface area contributed by atoms with E-state index in [2.05, 4.69) is 4.98 Å². The summed E-state index contributed by atoms with van der Waals surface area (Å²) in [7, 11) is 0. The zero-order valence-corrected chi connectivity index (χ0v) is 8.73. The molecule has 1 N–H and O–H groups in total. The van der Waals surface area contributed by atoms with Crippen molar-refractivity contribution in [2.45, 2.75) is 6.61 Å². The first-order valence-corrected chi connectivity index (χ1v) is 4.88. The second-order valence-corrected chi connectivity index (χ2v) is 3.30. The summed E-state index contributed by atoms with van der Waals surface area (Å²) in [6.45, 7) is -0.269. The van der Waals surface area contributed by atoms with E-state index in [1.54, 1.807) is 0 Å². The van der Waals surface area contributed by atoms with Gasteiger partial charge in [-0.15, -0.1) is 0 Å². The Morgan fingerprint density at radius 3 is 2.76 bits per heavy atom. The van der Waals surface area contributed by atoms with Crippen LogP contribution in [0.4, 0.5) is 8.78 Å². The molecule has 0 spiro atoms. The van der Waals surface area contributed by atoms with Gasteiger partial charge >= 0.3 is 0 Å². The van der Waals surface area contributed by atoms with Gasteiger partial charge in [-0.2, -0.15) is 4.39 Å². The summed E-state index contributed by atoms with van der Waals surface area (Å²) in [6, 6.07) is 5.17. The molecule has 2 rings (SSSR count). The van der Waals surface area contributed by atoms with Gasteiger partial charge in [-0.25, -0.2) is 4.39 Å². The van der Waals surface area contributed by atoms with Crippen LogP contribution in [0.3, 0.4) is 0 Å². The van der Waals surface area contributed by atoms with E-state index in [0.29, 0.717) is 5.56 Å². The molecule has 0 atom stereocenters. The molecule has 0 saturated carbocycles. The van der Waals surface area contributed by atoms with Crippen molar-refractivity contribution in [1.82, 2.24) is 4.98 Å². The molecule has 0 saturated heterocycles. The average Bonchev–Trinajstić information content (AvgIpc) is 2.35. The van der Waals surface area contributed by atoms with Crippen LogP contribution < -0.4 is 4.74 Å². The van der Waals surface area contributed by atoms with Crippen molar-refractivity contribution in [3.05, 3.63) is 53.9 Å². The Morgan fingerprint density at radius 2 is 2.00 bits per heavy atom. The van der Waals surface area contributed by atoms with Gasteiger partial charge in [-0.1, -0.05) is 6.07 Å². The van der Waals surface area contributed by atoms with Crippen LogP contribution in [0.5, 0.6) is 11.5 Å². The van der Waals surface area contributed by atoms with E-state index in [1.807, 2.05) is 0 Å². The van der Waals surface area contributed by atoms with Crippen LogP contribution in [0.2, 0.25) is 0 Å². The Hall–Kier alpha value is -2.01. The Bertz CT molecular complexity index is 532. The maximum Gasteiger partial charge on any atom is 0.201 e. The summed E-state index contributed by atoms with van der Waals surface area (Å²) < 4.78 is 31.5. The molecule has 0 aliphatic carbocycles. The van der Waals surface area contributed by atoms with E-state index in [0.717, 1.165) is 6.07 Å². The molecular formula is C12H9F2NO2. The molecule has 88 valence electrons. The number of rotatable bonds is 3. The molecule has 5 heteroatoms. The normalized spacial score (nSPS) is 10.3. The number of benzene rings is 1. The van der Waals surface area contributed by atoms with Crippen molar-refractivity contribution in [1.29, 1.82) is 0 Å². The first kappa shape index (κ1) is 11.5. The molecular weight excluding hydrogens is 228 g/mol. The van der Waals surface area contributed by atoms with Gasteiger partial charge in [0.15, 0.2) is 17.3 Å². The van der Waals surface area contributed by atoms with Crippen LogP contribution in [0.15, 0.2) is 36.7 Å². The number of halogens is 2. The minimum absolute atomic E-state index is 0.194. The molecule has 0 fully saturated rings. The van der Waals surface area contributed by atoms with Crippen LogP contribution in [0.1, 0.15) is 5.56 Å². The summed E-state index contributed by atoms with van der Waals surface area (Å²) in [5, 5.41) is 9.04. The number of ether oxygens (including phenoxy) is 1. The zero-order chi connectivity index (χ0) is 12.3. The highest BCUT2D eigenvalue weighted by Gasteiger charge is 2.11. The summed E-state index contributed by atoms with van der Waals surface area (Å²) in [5.41, 5.74) is 0.448. The van der Waals surface area contributed by atoms with E-state index < -0.39 is 11.6 Å². The topological polar surface area (TPSA) is 42.4 Å². The molecule has 0 aliphatic heterocycles. The van der Waals surface area contributed by atoms with E-state index in [1.165, 1.54) is 30.6 Å². The highest BCUT2D eigenvalue weighted by molar-refractivity contribution is 5.35. The largest absolute Gasteiger partial charge is 0.452 e. The fraction of sp³-hybridized carbons (Fsp3) is 0.0833. The van der Waals surface area contributed by atoms with Gasteiger partial charge in [-0.3, -0.25) is 4.98 Å². The summed E-state index contributed by atoms with van der Waals surface area (Å²) in [5.74, 6) is -2.11. The third-order valence-corrected chi connectivity index (χ3v) is 2.18. The number of nitrogens with zero attached hydrogens (tertiary/aromatic N) is 1. The second kappa shape index (κ2) is 4.88. The third kappa shape index (κ3) is 2.39. The third-order valence-electron chi connectivity index (χ3n) is 2.18. The van der Waals surface area contributed by atoms with E-state index in [-0.39, 0.29) is 18.1 Å². The molecule has 0 aliphatic rings. The number of pyridine rings is 1. The predicted octanol–water partition coefficient (Wildman–Crippen LogP) is 2.64. The van der Waals surface area contributed by atoms with Gasteiger partial charge in [0.1, 0.15) is 0 Å². The fourth-order valence-corrected chi connectivity index (χ4v) is 1.31. The Labute approximate surface area is 96.3 Å². The van der Waals surface area contributed by atoms with E-state index in [9.17, 15) is 8.78 Å². The molecule has 17 heavy (non-hydrogen) atoms. The lowest BCUT2D eigenvalue weighted by molar-refractivity contribution is 0.275. The highest BCUT2D eigenvalue weighted by atomic mass is 19.2. The van der Waals surface area contributed by atoms with Crippen LogP contribution in [0, 0.1) is 11.6 Å². The first-order valence-electron chi connectivity index (χ1n) is 4.88. The summed E-state index contributed by atoms with van der Waals surface area (Å²) in [4.78, 5) is 3.79. The van der Waals surface area contributed by atoms with Gasteiger partial charge in [-0.05, 0) is 18.2 Å². The summed E-state index contributed by atoms with van der Waals surface area (Å²) in [6.07, 6.45) is 2.80. The van der Waals surface area contributed by atoms with Crippen molar-refractivity contribution in [3.8, 4) is 11.5 Å². The van der Waals surface area contributed by atoms with Crippen LogP contribution >= 0.6 is 0 Å². The van der Waals surface area contributed by atoms with Crippen molar-refractivity contribution in [3.63, 3.8) is 0 Å². The Kier molecular flexibility index (Phi) is 3.30. The van der Waals surface area contributed by atoms with Crippen molar-refractivity contribution in [2.24, 2.45) is 0 Å². The monoisotopic (exact) mass is 237 g/mol. The predicted molar refractivity (Wildman–Crippen MR) is 56.6 cm³/mol. The molecule has 1 heterocycles. The smallest absolute Gasteiger partial charge is 0.201 e. The molecule has 1 aromatic carbocycles. The highest BCUT2D eigenvalue weighted by Crippen LogP contribution is 2.27. The summed E-state index contributed by atoms with van der Waals surface area (Å²) >= 11 is 0.